The Hall–Kier alpha value is -2.06. The van der Waals surface area contributed by atoms with Crippen molar-refractivity contribution in [1.82, 2.24) is 4.90 Å². The quantitative estimate of drug-likeness (QED) is 0.694. The number of likely N-dealkylation sites (tertiary alicyclic amines) is 1. The van der Waals surface area contributed by atoms with Crippen molar-refractivity contribution < 1.29 is 4.79 Å². The number of hydrogen-bond acceptors (Lipinski definition) is 3. The first-order chi connectivity index (χ1) is 14.0. The second-order valence-corrected chi connectivity index (χ2v) is 8.85. The van der Waals surface area contributed by atoms with Crippen LogP contribution in [0.4, 0.5) is 5.69 Å². The van der Waals surface area contributed by atoms with Crippen LogP contribution in [0.15, 0.2) is 42.5 Å². The molecule has 1 saturated heterocycles. The molecule has 2 fully saturated rings. The smallest absolute Gasteiger partial charge is 0.228 e. The fourth-order valence-electron chi connectivity index (χ4n) is 4.03. The summed E-state index contributed by atoms with van der Waals surface area (Å²) in [4.78, 5) is 15.1. The summed E-state index contributed by atoms with van der Waals surface area (Å²) in [5.41, 5.74) is 2.43. The van der Waals surface area contributed by atoms with Crippen LogP contribution in [-0.2, 0) is 16.8 Å². The van der Waals surface area contributed by atoms with Gasteiger partial charge in [-0.3, -0.25) is 9.69 Å². The van der Waals surface area contributed by atoms with Crippen LogP contribution in [0.2, 0.25) is 10.0 Å². The third-order valence-electron chi connectivity index (χ3n) is 5.99. The van der Waals surface area contributed by atoms with Crippen molar-refractivity contribution in [3.8, 4) is 6.07 Å². The molecular formula is C23H23Cl2N3O. The van der Waals surface area contributed by atoms with Crippen LogP contribution in [0, 0.1) is 17.2 Å². The highest BCUT2D eigenvalue weighted by Gasteiger charge is 2.44. The Morgan fingerprint density at radius 2 is 1.86 bits per heavy atom. The highest BCUT2D eigenvalue weighted by Crippen LogP contribution is 2.47. The van der Waals surface area contributed by atoms with Crippen molar-refractivity contribution in [2.24, 2.45) is 5.92 Å². The third-order valence-corrected chi connectivity index (χ3v) is 6.70. The highest BCUT2D eigenvalue weighted by molar-refractivity contribution is 6.35. The van der Waals surface area contributed by atoms with Crippen molar-refractivity contribution in [2.75, 3.05) is 18.4 Å². The molecule has 2 aromatic carbocycles. The van der Waals surface area contributed by atoms with Crippen molar-refractivity contribution in [3.05, 3.63) is 63.6 Å². The second kappa shape index (κ2) is 8.36. The van der Waals surface area contributed by atoms with E-state index in [9.17, 15) is 10.1 Å². The maximum absolute atomic E-state index is 12.8. The van der Waals surface area contributed by atoms with Crippen LogP contribution < -0.4 is 5.32 Å². The molecule has 1 aliphatic carbocycles. The number of amides is 1. The topological polar surface area (TPSA) is 56.1 Å². The fraction of sp³-hybridized carbons (Fsp3) is 0.391. The van der Waals surface area contributed by atoms with Crippen LogP contribution in [-0.4, -0.2) is 23.9 Å². The largest absolute Gasteiger partial charge is 0.326 e. The number of nitrogens with one attached hydrogen (secondary N) is 1. The number of halogens is 2. The predicted molar refractivity (Wildman–Crippen MR) is 116 cm³/mol. The summed E-state index contributed by atoms with van der Waals surface area (Å²) in [6, 6.07) is 15.6. The molecule has 4 rings (SSSR count). The molecule has 1 atom stereocenters. The number of nitrogens with zero attached hydrogens (tertiary/aromatic N) is 2. The zero-order chi connectivity index (χ0) is 20.4. The number of benzene rings is 2. The van der Waals surface area contributed by atoms with Crippen molar-refractivity contribution >= 4 is 34.8 Å². The Bertz CT molecular complexity index is 927. The number of carbonyl (C=O) groups is 1. The van der Waals surface area contributed by atoms with Gasteiger partial charge in [0.2, 0.25) is 5.91 Å². The summed E-state index contributed by atoms with van der Waals surface area (Å²) in [7, 11) is 0. The van der Waals surface area contributed by atoms with Gasteiger partial charge in [0, 0.05) is 34.4 Å². The Balaban J connectivity index is 1.37. The third kappa shape index (κ3) is 4.43. The Morgan fingerprint density at radius 1 is 1.17 bits per heavy atom. The van der Waals surface area contributed by atoms with Crippen molar-refractivity contribution in [1.29, 1.82) is 5.26 Å². The molecule has 1 heterocycles. The maximum atomic E-state index is 12.8. The first kappa shape index (κ1) is 20.2. The molecule has 0 unspecified atom stereocenters. The number of piperidine rings is 1. The molecule has 0 bridgehead atoms. The second-order valence-electron chi connectivity index (χ2n) is 8.03. The molecule has 150 valence electrons. The van der Waals surface area contributed by atoms with Crippen LogP contribution >= 0.6 is 23.2 Å². The van der Waals surface area contributed by atoms with E-state index in [4.69, 9.17) is 23.2 Å². The van der Waals surface area contributed by atoms with E-state index in [0.29, 0.717) is 23.1 Å². The number of hydrogen-bond donors (Lipinski definition) is 1. The lowest BCUT2D eigenvalue weighted by molar-refractivity contribution is -0.121. The molecule has 4 nitrogen and oxygen atoms in total. The molecule has 6 heteroatoms. The fourth-order valence-corrected chi connectivity index (χ4v) is 4.54. The lowest BCUT2D eigenvalue weighted by atomic mass is 9.96. The normalized spacial score (nSPS) is 20.7. The maximum Gasteiger partial charge on any atom is 0.228 e. The summed E-state index contributed by atoms with van der Waals surface area (Å²) < 4.78 is 0. The van der Waals surface area contributed by atoms with E-state index in [1.807, 2.05) is 42.5 Å². The molecule has 2 aromatic rings. The zero-order valence-corrected chi connectivity index (χ0v) is 17.6. The number of anilines is 1. The average molecular weight is 428 g/mol. The molecule has 0 spiro atoms. The minimum atomic E-state index is -0.299. The molecule has 1 aliphatic heterocycles. The van der Waals surface area contributed by atoms with E-state index in [0.717, 1.165) is 49.0 Å². The molecule has 2 aliphatic rings. The van der Waals surface area contributed by atoms with Gasteiger partial charge in [0.05, 0.1) is 17.4 Å². The Labute approximate surface area is 181 Å². The number of carbonyl (C=O) groups excluding carboxylic acids is 1. The van der Waals surface area contributed by atoms with E-state index in [1.54, 1.807) is 0 Å². The van der Waals surface area contributed by atoms with Crippen LogP contribution in [0.3, 0.4) is 0 Å². The van der Waals surface area contributed by atoms with Gasteiger partial charge < -0.3 is 5.32 Å². The molecule has 1 amide bonds. The van der Waals surface area contributed by atoms with E-state index in [-0.39, 0.29) is 17.2 Å². The number of rotatable bonds is 5. The summed E-state index contributed by atoms with van der Waals surface area (Å²) in [5.74, 6) is -0.0345. The molecule has 29 heavy (non-hydrogen) atoms. The summed E-state index contributed by atoms with van der Waals surface area (Å²) >= 11 is 12.6. The van der Waals surface area contributed by atoms with Crippen molar-refractivity contribution in [3.63, 3.8) is 0 Å². The highest BCUT2D eigenvalue weighted by atomic mass is 35.5. The lowest BCUT2D eigenvalue weighted by Crippen LogP contribution is -2.40. The minimum Gasteiger partial charge on any atom is -0.326 e. The molecule has 1 saturated carbocycles. The van der Waals surface area contributed by atoms with Gasteiger partial charge in [0.25, 0.3) is 0 Å². The monoisotopic (exact) mass is 427 g/mol. The Morgan fingerprint density at radius 3 is 2.48 bits per heavy atom. The van der Waals surface area contributed by atoms with Gasteiger partial charge >= 0.3 is 0 Å². The summed E-state index contributed by atoms with van der Waals surface area (Å²) in [6.07, 6.45) is 3.67. The first-order valence-corrected chi connectivity index (χ1v) is 10.7. The molecular weight excluding hydrogens is 405 g/mol. The van der Waals surface area contributed by atoms with E-state index >= 15 is 0 Å². The number of nitriles is 1. The SMILES string of the molecule is N#CC1(c2ccc(NC(=O)[C@H]3CCCN(Cc4c(Cl)cccc4Cl)C3)cc2)CC1. The Kier molecular flexibility index (Phi) is 5.83. The van der Waals surface area contributed by atoms with Crippen LogP contribution in [0.5, 0.6) is 0 Å². The van der Waals surface area contributed by atoms with E-state index in [1.165, 1.54) is 0 Å². The van der Waals surface area contributed by atoms with Gasteiger partial charge in [-0.25, -0.2) is 0 Å². The van der Waals surface area contributed by atoms with Crippen LogP contribution in [0.1, 0.15) is 36.8 Å². The van der Waals surface area contributed by atoms with Gasteiger partial charge in [-0.2, -0.15) is 5.26 Å². The van der Waals surface area contributed by atoms with Gasteiger partial charge in [-0.05, 0) is 62.1 Å². The standard InChI is InChI=1S/C23H23Cl2N3O/c24-20-4-1-5-21(25)19(20)14-28-12-2-3-16(13-28)22(29)27-18-8-6-17(7-9-18)23(15-26)10-11-23/h1,4-9,16H,2-3,10-14H2,(H,27,29)/t16-/m0/s1. The molecule has 0 radical (unpaired) electrons. The predicted octanol–water partition coefficient (Wildman–Crippen LogP) is 5.40. The average Bonchev–Trinajstić information content (AvgIpc) is 3.53. The zero-order valence-electron chi connectivity index (χ0n) is 16.1. The van der Waals surface area contributed by atoms with E-state index < -0.39 is 0 Å². The summed E-state index contributed by atoms with van der Waals surface area (Å²) in [5, 5.41) is 13.7. The molecule has 1 N–H and O–H groups in total. The van der Waals surface area contributed by atoms with Gasteiger partial charge in [0.15, 0.2) is 0 Å². The van der Waals surface area contributed by atoms with Crippen molar-refractivity contribution in [2.45, 2.75) is 37.6 Å². The minimum absolute atomic E-state index is 0.0362. The van der Waals surface area contributed by atoms with Gasteiger partial charge in [-0.15, -0.1) is 0 Å². The first-order valence-electron chi connectivity index (χ1n) is 9.99. The van der Waals surface area contributed by atoms with E-state index in [2.05, 4.69) is 16.3 Å². The van der Waals surface area contributed by atoms with Crippen LogP contribution in [0.25, 0.3) is 0 Å². The summed E-state index contributed by atoms with van der Waals surface area (Å²) in [6.45, 7) is 2.26. The van der Waals surface area contributed by atoms with Gasteiger partial charge in [-0.1, -0.05) is 41.4 Å². The molecule has 0 aromatic heterocycles. The lowest BCUT2D eigenvalue weighted by Gasteiger charge is -2.32. The van der Waals surface area contributed by atoms with Gasteiger partial charge in [0.1, 0.15) is 0 Å².